The molecule has 2 aliphatic rings. The van der Waals surface area contributed by atoms with Crippen LogP contribution in [0, 0.1) is 5.92 Å². The van der Waals surface area contributed by atoms with Gasteiger partial charge in [-0.3, -0.25) is 4.79 Å². The summed E-state index contributed by atoms with van der Waals surface area (Å²) in [6, 6.07) is 4.61. The summed E-state index contributed by atoms with van der Waals surface area (Å²) in [5.41, 5.74) is 2.61. The average molecular weight is 376 g/mol. The van der Waals surface area contributed by atoms with Crippen molar-refractivity contribution in [1.82, 2.24) is 5.32 Å². The van der Waals surface area contributed by atoms with Gasteiger partial charge in [-0.05, 0) is 50.3 Å². The minimum Gasteiger partial charge on any atom is -0.490 e. The quantitative estimate of drug-likeness (QED) is 0.768. The number of fused-ring (bicyclic) bond motifs is 1. The molecule has 3 rings (SSSR count). The lowest BCUT2D eigenvalue weighted by Gasteiger charge is -2.31. The highest BCUT2D eigenvalue weighted by molar-refractivity contribution is 5.77. The van der Waals surface area contributed by atoms with E-state index in [1.54, 1.807) is 0 Å². The summed E-state index contributed by atoms with van der Waals surface area (Å²) in [5.74, 6) is 2.46. The molecule has 1 saturated carbocycles. The summed E-state index contributed by atoms with van der Waals surface area (Å²) in [6.45, 7) is 9.92. The fourth-order valence-electron chi connectivity index (χ4n) is 4.41. The summed E-state index contributed by atoms with van der Waals surface area (Å²) in [7, 11) is 0. The van der Waals surface area contributed by atoms with Gasteiger partial charge in [0, 0.05) is 18.0 Å². The van der Waals surface area contributed by atoms with Gasteiger partial charge in [0.2, 0.25) is 0 Å². The van der Waals surface area contributed by atoms with Gasteiger partial charge in [0.25, 0.3) is 5.91 Å². The van der Waals surface area contributed by atoms with Crippen molar-refractivity contribution >= 4 is 5.91 Å². The molecule has 0 saturated heterocycles. The van der Waals surface area contributed by atoms with Crippen LogP contribution in [0.2, 0.25) is 0 Å². The maximum Gasteiger partial charge on any atom is 0.275 e. The number of nitrogens with one attached hydrogen (secondary N) is 2. The zero-order chi connectivity index (χ0) is 19.2. The van der Waals surface area contributed by atoms with Crippen LogP contribution in [0.4, 0.5) is 0 Å². The number of carbonyl (C=O) groups excluding carboxylic acids is 1. The van der Waals surface area contributed by atoms with Crippen LogP contribution in [0.5, 0.6) is 11.5 Å². The molecule has 1 aliphatic carbocycles. The summed E-state index contributed by atoms with van der Waals surface area (Å²) in [5, 5.41) is 3.29. The Labute approximate surface area is 163 Å². The van der Waals surface area contributed by atoms with E-state index >= 15 is 0 Å². The van der Waals surface area contributed by atoms with Gasteiger partial charge in [0.05, 0.1) is 19.8 Å². The first-order valence-corrected chi connectivity index (χ1v) is 10.6. The maximum atomic E-state index is 12.6. The molecule has 3 atom stereocenters. The van der Waals surface area contributed by atoms with Crippen molar-refractivity contribution in [2.24, 2.45) is 5.92 Å². The third-order valence-corrected chi connectivity index (χ3v) is 5.92. The van der Waals surface area contributed by atoms with Crippen molar-refractivity contribution in [2.45, 2.75) is 65.5 Å². The molecule has 1 unspecified atom stereocenters. The second-order valence-corrected chi connectivity index (χ2v) is 7.97. The van der Waals surface area contributed by atoms with Gasteiger partial charge in [-0.2, -0.15) is 0 Å². The number of carbonyl (C=O) groups is 1. The molecule has 27 heavy (non-hydrogen) atoms. The van der Waals surface area contributed by atoms with E-state index in [0.717, 1.165) is 37.4 Å². The first-order chi connectivity index (χ1) is 13.1. The van der Waals surface area contributed by atoms with Crippen LogP contribution in [0.1, 0.15) is 57.6 Å². The van der Waals surface area contributed by atoms with Crippen molar-refractivity contribution in [2.75, 3.05) is 26.3 Å². The smallest absolute Gasteiger partial charge is 0.275 e. The third kappa shape index (κ3) is 5.16. The van der Waals surface area contributed by atoms with E-state index in [1.165, 1.54) is 35.3 Å². The van der Waals surface area contributed by atoms with Gasteiger partial charge in [0.1, 0.15) is 6.54 Å². The predicted molar refractivity (Wildman–Crippen MR) is 106 cm³/mol. The number of benzene rings is 1. The van der Waals surface area contributed by atoms with E-state index in [4.69, 9.17) is 9.47 Å². The molecule has 2 N–H and O–H groups in total. The molecule has 1 heterocycles. The van der Waals surface area contributed by atoms with E-state index in [-0.39, 0.29) is 5.91 Å². The zero-order valence-corrected chi connectivity index (χ0v) is 17.1. The topological polar surface area (TPSA) is 52.0 Å². The molecular weight excluding hydrogens is 340 g/mol. The van der Waals surface area contributed by atoms with E-state index in [9.17, 15) is 4.79 Å². The van der Waals surface area contributed by atoms with Gasteiger partial charge in [-0.15, -0.1) is 0 Å². The number of hydrogen-bond acceptors (Lipinski definition) is 3. The number of rotatable bonds is 7. The van der Waals surface area contributed by atoms with Crippen molar-refractivity contribution in [3.8, 4) is 11.5 Å². The number of hydrogen-bond donors (Lipinski definition) is 2. The maximum absolute atomic E-state index is 12.6. The molecule has 0 bridgehead atoms. The van der Waals surface area contributed by atoms with Gasteiger partial charge in [-0.25, -0.2) is 0 Å². The Morgan fingerprint density at radius 3 is 2.44 bits per heavy atom. The van der Waals surface area contributed by atoms with Crippen LogP contribution >= 0.6 is 0 Å². The summed E-state index contributed by atoms with van der Waals surface area (Å²) in [4.78, 5) is 13.9. The Bertz CT molecular complexity index is 647. The highest BCUT2D eigenvalue weighted by Gasteiger charge is 2.27. The van der Waals surface area contributed by atoms with Crippen LogP contribution in [-0.4, -0.2) is 38.3 Å². The molecule has 1 aromatic carbocycles. The molecule has 5 heteroatoms. The van der Waals surface area contributed by atoms with Crippen molar-refractivity contribution < 1.29 is 19.2 Å². The van der Waals surface area contributed by atoms with Gasteiger partial charge in [0.15, 0.2) is 18.0 Å². The highest BCUT2D eigenvalue weighted by Crippen LogP contribution is 2.32. The Morgan fingerprint density at radius 1 is 1.11 bits per heavy atom. The fourth-order valence-corrected chi connectivity index (χ4v) is 4.41. The van der Waals surface area contributed by atoms with Crippen molar-refractivity contribution in [1.29, 1.82) is 0 Å². The predicted octanol–water partition coefficient (Wildman–Crippen LogP) is 2.12. The van der Waals surface area contributed by atoms with Crippen LogP contribution in [0.25, 0.3) is 0 Å². The molecule has 0 spiro atoms. The monoisotopic (exact) mass is 375 g/mol. The van der Waals surface area contributed by atoms with Gasteiger partial charge >= 0.3 is 0 Å². The molecule has 5 nitrogen and oxygen atoms in total. The van der Waals surface area contributed by atoms with Gasteiger partial charge < -0.3 is 19.7 Å². The Hall–Kier alpha value is -1.75. The molecule has 1 amide bonds. The lowest BCUT2D eigenvalue weighted by molar-refractivity contribution is -0.908. The fraction of sp³-hybridized carbons (Fsp3) is 0.682. The Kier molecular flexibility index (Phi) is 7.00. The number of amides is 1. The number of quaternary nitrogens is 1. The van der Waals surface area contributed by atoms with Crippen LogP contribution < -0.4 is 19.7 Å². The SMILES string of the molecule is CCOc1cc2c(cc1OCC)C[NH+](CC(=O)N[C@H]1CCCC[C@@H]1C)CC2. The largest absolute Gasteiger partial charge is 0.490 e. The Morgan fingerprint density at radius 2 is 1.78 bits per heavy atom. The molecule has 150 valence electrons. The lowest BCUT2D eigenvalue weighted by atomic mass is 9.86. The average Bonchev–Trinajstić information content (AvgIpc) is 2.64. The highest BCUT2D eigenvalue weighted by atomic mass is 16.5. The van der Waals surface area contributed by atoms with E-state index in [0.29, 0.717) is 31.7 Å². The van der Waals surface area contributed by atoms with Crippen molar-refractivity contribution in [3.05, 3.63) is 23.3 Å². The standard InChI is InChI=1S/C22H34N2O3/c1-4-26-20-12-17-10-11-24(14-18(17)13-21(20)27-5-2)15-22(25)23-19-9-7-6-8-16(19)3/h12-13,16,19H,4-11,14-15H2,1-3H3,(H,23,25)/p+1/t16-,19-/m0/s1. The zero-order valence-electron chi connectivity index (χ0n) is 17.1. The molecule has 1 aliphatic heterocycles. The second-order valence-electron chi connectivity index (χ2n) is 7.97. The lowest BCUT2D eigenvalue weighted by Crippen LogP contribution is -3.13. The molecular formula is C22H35N2O3+. The molecule has 1 fully saturated rings. The second kappa shape index (κ2) is 9.45. The molecule has 1 aromatic rings. The minimum atomic E-state index is 0.197. The van der Waals surface area contributed by atoms with Crippen molar-refractivity contribution in [3.63, 3.8) is 0 Å². The molecule has 0 radical (unpaired) electrons. The normalized spacial score (nSPS) is 24.8. The molecule has 0 aromatic heterocycles. The van der Waals surface area contributed by atoms with Crippen LogP contribution in [0.15, 0.2) is 12.1 Å². The van der Waals surface area contributed by atoms with Crippen LogP contribution in [-0.2, 0) is 17.8 Å². The van der Waals surface area contributed by atoms with E-state index < -0.39 is 0 Å². The number of ether oxygens (including phenoxy) is 2. The Balaban J connectivity index is 1.61. The summed E-state index contributed by atoms with van der Waals surface area (Å²) < 4.78 is 11.5. The first-order valence-electron chi connectivity index (χ1n) is 10.6. The minimum absolute atomic E-state index is 0.197. The third-order valence-electron chi connectivity index (χ3n) is 5.92. The van der Waals surface area contributed by atoms with E-state index in [1.807, 2.05) is 13.8 Å². The van der Waals surface area contributed by atoms with E-state index in [2.05, 4.69) is 24.4 Å². The summed E-state index contributed by atoms with van der Waals surface area (Å²) >= 11 is 0. The first kappa shape index (κ1) is 20.0. The summed E-state index contributed by atoms with van der Waals surface area (Å²) in [6.07, 6.45) is 5.87. The van der Waals surface area contributed by atoms with Gasteiger partial charge in [-0.1, -0.05) is 19.8 Å². The van der Waals surface area contributed by atoms with Crippen LogP contribution in [0.3, 0.4) is 0 Å².